The van der Waals surface area contributed by atoms with E-state index in [2.05, 4.69) is 10.6 Å². The van der Waals surface area contributed by atoms with Crippen molar-refractivity contribution in [1.82, 2.24) is 0 Å². The van der Waals surface area contributed by atoms with Crippen LogP contribution in [-0.4, -0.2) is 16.7 Å². The van der Waals surface area contributed by atoms with Gasteiger partial charge in [-0.3, -0.25) is 19.7 Å². The lowest BCUT2D eigenvalue weighted by Crippen LogP contribution is -2.25. The first kappa shape index (κ1) is 19.5. The number of nitro groups is 1. The van der Waals surface area contributed by atoms with Crippen molar-refractivity contribution in [3.05, 3.63) is 106 Å². The Balaban J connectivity index is 1.98. The lowest BCUT2D eigenvalue weighted by atomic mass is 10.1. The summed E-state index contributed by atoms with van der Waals surface area (Å²) in [7, 11) is 0. The molecule has 2 amide bonds. The highest BCUT2D eigenvalue weighted by molar-refractivity contribution is 6.29. The summed E-state index contributed by atoms with van der Waals surface area (Å²) in [6, 6.07) is 23.2. The second-order valence-electron chi connectivity index (χ2n) is 6.01. The first-order chi connectivity index (χ1) is 14.0. The van der Waals surface area contributed by atoms with Gasteiger partial charge in [-0.05, 0) is 36.4 Å². The summed E-state index contributed by atoms with van der Waals surface area (Å²) in [5.74, 6) is -1.36. The normalized spacial score (nSPS) is 9.93. The largest absolute Gasteiger partial charge is 0.322 e. The molecule has 0 saturated heterocycles. The minimum Gasteiger partial charge on any atom is -0.322 e. The molecule has 29 heavy (non-hydrogen) atoms. The molecule has 0 heterocycles. The molecule has 0 saturated carbocycles. The van der Waals surface area contributed by atoms with Crippen molar-refractivity contribution in [1.29, 1.82) is 0 Å². The van der Waals surface area contributed by atoms with E-state index in [1.165, 1.54) is 24.3 Å². The minimum absolute atomic E-state index is 0.152. The van der Waals surface area contributed by atoms with E-state index < -0.39 is 16.7 Å². The van der Waals surface area contributed by atoms with E-state index in [1.54, 1.807) is 66.7 Å². The Morgan fingerprint density at radius 1 is 0.724 bits per heavy atom. The Morgan fingerprint density at radius 2 is 1.17 bits per heavy atom. The van der Waals surface area contributed by atoms with Crippen molar-refractivity contribution >= 4 is 35.0 Å². The van der Waals surface area contributed by atoms with E-state index >= 15 is 0 Å². The molecule has 0 bridgehead atoms. The summed E-state index contributed by atoms with van der Waals surface area (Å²) in [5, 5.41) is 16.6. The number of nitrogens with zero attached hydrogens (tertiary/aromatic N) is 1. The lowest BCUT2D eigenvalue weighted by molar-refractivity contribution is -0.385. The van der Waals surface area contributed by atoms with Gasteiger partial charge in [0, 0.05) is 17.4 Å². The van der Waals surface area contributed by atoms with Gasteiger partial charge in [-0.15, -0.1) is 0 Å². The topological polar surface area (TPSA) is 101 Å². The molecule has 7 nitrogen and oxygen atoms in total. The fourth-order valence-corrected chi connectivity index (χ4v) is 2.61. The number of hydrogen-bond acceptors (Lipinski definition) is 4. The van der Waals surface area contributed by atoms with Crippen LogP contribution < -0.4 is 10.6 Å². The van der Waals surface area contributed by atoms with Crippen molar-refractivity contribution in [3.8, 4) is 0 Å². The van der Waals surface area contributed by atoms with Crippen molar-refractivity contribution in [2.45, 2.75) is 0 Å². The van der Waals surface area contributed by atoms with Gasteiger partial charge in [-0.1, -0.05) is 48.5 Å². The molecular weight excluding hydrogens is 370 g/mol. The molecule has 0 fully saturated rings. The van der Waals surface area contributed by atoms with Crippen LogP contribution in [0.4, 0.5) is 17.1 Å². The van der Waals surface area contributed by atoms with Crippen molar-refractivity contribution in [3.63, 3.8) is 0 Å². The summed E-state index contributed by atoms with van der Waals surface area (Å²) in [6.07, 6.45) is 1.22. The fraction of sp³-hybridized carbons (Fsp3) is 0. The highest BCUT2D eigenvalue weighted by Gasteiger charge is 2.21. The van der Waals surface area contributed by atoms with E-state index in [1.807, 2.05) is 0 Å². The lowest BCUT2D eigenvalue weighted by Gasteiger charge is -2.10. The maximum atomic E-state index is 12.8. The minimum atomic E-state index is -0.678. The van der Waals surface area contributed by atoms with Gasteiger partial charge in [0.15, 0.2) is 0 Å². The van der Waals surface area contributed by atoms with Gasteiger partial charge >= 0.3 is 0 Å². The van der Waals surface area contributed by atoms with E-state index in [0.717, 1.165) is 0 Å². The van der Waals surface area contributed by atoms with Gasteiger partial charge in [-0.2, -0.15) is 0 Å². The molecule has 0 aromatic heterocycles. The van der Waals surface area contributed by atoms with Crippen LogP contribution in [0.25, 0.3) is 6.08 Å². The van der Waals surface area contributed by atoms with Gasteiger partial charge in [-0.25, -0.2) is 0 Å². The van der Waals surface area contributed by atoms with E-state index in [0.29, 0.717) is 11.4 Å². The van der Waals surface area contributed by atoms with E-state index in [-0.39, 0.29) is 16.8 Å². The first-order valence-corrected chi connectivity index (χ1v) is 8.72. The molecule has 0 unspecified atom stereocenters. The summed E-state index contributed by atoms with van der Waals surface area (Å²) < 4.78 is 0. The highest BCUT2D eigenvalue weighted by atomic mass is 16.6. The molecule has 0 atom stereocenters. The van der Waals surface area contributed by atoms with Crippen molar-refractivity contribution in [2.24, 2.45) is 0 Å². The fourth-order valence-electron chi connectivity index (χ4n) is 2.61. The quantitative estimate of drug-likeness (QED) is 0.217. The van der Waals surface area contributed by atoms with Crippen LogP contribution in [0.2, 0.25) is 0 Å². The zero-order valence-corrected chi connectivity index (χ0v) is 15.2. The molecule has 7 heteroatoms. The number of nitro benzene ring substituents is 1. The van der Waals surface area contributed by atoms with Gasteiger partial charge < -0.3 is 10.6 Å². The molecule has 0 spiro atoms. The highest BCUT2D eigenvalue weighted by Crippen LogP contribution is 2.22. The standard InChI is InChI=1S/C22H17N3O4/c26-21(23-17-10-3-1-4-11-17)19(22(27)24-18-12-5-2-6-13-18)15-16-9-7-8-14-20(16)25(28)29/h1-15H,(H,23,26)(H,24,27). The molecule has 0 aliphatic heterocycles. The van der Waals surface area contributed by atoms with Crippen LogP contribution in [0.1, 0.15) is 5.56 Å². The average molecular weight is 387 g/mol. The number of para-hydroxylation sites is 3. The van der Waals surface area contributed by atoms with Crippen LogP contribution in [-0.2, 0) is 9.59 Å². The third-order valence-electron chi connectivity index (χ3n) is 3.99. The molecule has 144 valence electrons. The van der Waals surface area contributed by atoms with Crippen LogP contribution in [0.15, 0.2) is 90.5 Å². The second-order valence-corrected chi connectivity index (χ2v) is 6.01. The summed E-state index contributed by atoms with van der Waals surface area (Å²) in [4.78, 5) is 36.4. The maximum absolute atomic E-state index is 12.8. The van der Waals surface area contributed by atoms with Gasteiger partial charge in [0.2, 0.25) is 0 Å². The van der Waals surface area contributed by atoms with Crippen molar-refractivity contribution < 1.29 is 14.5 Å². The number of anilines is 2. The summed E-state index contributed by atoms with van der Waals surface area (Å²) in [5.41, 5.74) is 0.688. The Labute approximate surface area is 166 Å². The number of hydrogen-bond donors (Lipinski definition) is 2. The molecule has 0 radical (unpaired) electrons. The molecule has 3 aromatic carbocycles. The third kappa shape index (κ3) is 5.14. The Hall–Kier alpha value is -4.26. The van der Waals surface area contributed by atoms with Crippen LogP contribution in [0, 0.1) is 10.1 Å². The molecule has 0 aliphatic rings. The van der Waals surface area contributed by atoms with Crippen LogP contribution >= 0.6 is 0 Å². The third-order valence-corrected chi connectivity index (χ3v) is 3.99. The van der Waals surface area contributed by atoms with Crippen LogP contribution in [0.5, 0.6) is 0 Å². The monoisotopic (exact) mass is 387 g/mol. The molecule has 0 aliphatic carbocycles. The predicted molar refractivity (Wildman–Crippen MR) is 111 cm³/mol. The SMILES string of the molecule is O=C(Nc1ccccc1)C(=Cc1ccccc1[N+](=O)[O-])C(=O)Nc1ccccc1. The van der Waals surface area contributed by atoms with Gasteiger partial charge in [0.1, 0.15) is 5.57 Å². The maximum Gasteiger partial charge on any atom is 0.276 e. The number of rotatable bonds is 6. The second kappa shape index (κ2) is 9.09. The number of amides is 2. The zero-order chi connectivity index (χ0) is 20.6. The number of carbonyl (C=O) groups excluding carboxylic acids is 2. The smallest absolute Gasteiger partial charge is 0.276 e. The summed E-state index contributed by atoms with van der Waals surface area (Å²) in [6.45, 7) is 0. The molecule has 2 N–H and O–H groups in total. The van der Waals surface area contributed by atoms with Gasteiger partial charge in [0.25, 0.3) is 17.5 Å². The Kier molecular flexibility index (Phi) is 6.12. The van der Waals surface area contributed by atoms with Crippen molar-refractivity contribution in [2.75, 3.05) is 10.6 Å². The predicted octanol–water partition coefficient (Wildman–Crippen LogP) is 4.26. The van der Waals surface area contributed by atoms with E-state index in [4.69, 9.17) is 0 Å². The number of benzene rings is 3. The molecule has 3 aromatic rings. The molecule has 3 rings (SSSR count). The zero-order valence-electron chi connectivity index (χ0n) is 15.2. The number of carbonyl (C=O) groups is 2. The van der Waals surface area contributed by atoms with Gasteiger partial charge in [0.05, 0.1) is 10.5 Å². The Morgan fingerprint density at radius 3 is 1.66 bits per heavy atom. The molecular formula is C22H17N3O4. The van der Waals surface area contributed by atoms with Crippen LogP contribution in [0.3, 0.4) is 0 Å². The summed E-state index contributed by atoms with van der Waals surface area (Å²) >= 11 is 0. The number of nitrogens with one attached hydrogen (secondary N) is 2. The first-order valence-electron chi connectivity index (χ1n) is 8.72. The van der Waals surface area contributed by atoms with E-state index in [9.17, 15) is 19.7 Å². The average Bonchev–Trinajstić information content (AvgIpc) is 2.73. The Bertz CT molecular complexity index is 1010.